The Morgan fingerprint density at radius 3 is 2.44 bits per heavy atom. The molecule has 0 amide bonds. The molecular formula is C12H12Cl2N2. The fourth-order valence-electron chi connectivity index (χ4n) is 1.73. The summed E-state index contributed by atoms with van der Waals surface area (Å²) in [6.07, 6.45) is 0. The minimum absolute atomic E-state index is 0.592. The normalized spacial score (nSPS) is 10.8. The first-order valence-corrected chi connectivity index (χ1v) is 5.68. The number of fused-ring (bicyclic) bond motifs is 1. The van der Waals surface area contributed by atoms with Gasteiger partial charge in [0.15, 0.2) is 0 Å². The molecule has 0 radical (unpaired) electrons. The van der Waals surface area contributed by atoms with Gasteiger partial charge >= 0.3 is 0 Å². The molecule has 0 aliphatic rings. The summed E-state index contributed by atoms with van der Waals surface area (Å²) in [6, 6.07) is 5.64. The van der Waals surface area contributed by atoms with Gasteiger partial charge in [-0.25, -0.2) is 0 Å². The molecule has 0 N–H and O–H groups in total. The van der Waals surface area contributed by atoms with Gasteiger partial charge in [-0.15, -0.1) is 0 Å². The zero-order valence-electron chi connectivity index (χ0n) is 9.38. The largest absolute Gasteiger partial charge is 0.377 e. The molecule has 2 rings (SSSR count). The summed E-state index contributed by atoms with van der Waals surface area (Å²) in [5.41, 5.74) is 2.82. The van der Waals surface area contributed by atoms with Gasteiger partial charge in [0.1, 0.15) is 0 Å². The summed E-state index contributed by atoms with van der Waals surface area (Å²) >= 11 is 12.2. The molecule has 0 aliphatic heterocycles. The first-order chi connectivity index (χ1) is 7.49. The summed E-state index contributed by atoms with van der Waals surface area (Å²) in [5.74, 6) is 0. The van der Waals surface area contributed by atoms with Crippen LogP contribution < -0.4 is 4.90 Å². The van der Waals surface area contributed by atoms with Crippen molar-refractivity contribution in [3.63, 3.8) is 0 Å². The molecule has 1 aromatic carbocycles. The number of anilines is 1. The quantitative estimate of drug-likeness (QED) is 0.767. The molecular weight excluding hydrogens is 243 g/mol. The number of nitrogens with zero attached hydrogens (tertiary/aromatic N) is 2. The maximum absolute atomic E-state index is 6.15. The van der Waals surface area contributed by atoms with Crippen LogP contribution in [0.1, 0.15) is 5.69 Å². The molecule has 84 valence electrons. The molecule has 0 fully saturated rings. The molecule has 0 saturated heterocycles. The van der Waals surface area contributed by atoms with Crippen molar-refractivity contribution in [1.82, 2.24) is 4.98 Å². The Balaban J connectivity index is 2.89. The molecule has 0 bridgehead atoms. The van der Waals surface area contributed by atoms with Gasteiger partial charge in [0.25, 0.3) is 0 Å². The second kappa shape index (κ2) is 4.11. The van der Waals surface area contributed by atoms with Gasteiger partial charge in [-0.3, -0.25) is 4.98 Å². The third-order valence-electron chi connectivity index (χ3n) is 2.42. The van der Waals surface area contributed by atoms with Crippen LogP contribution in [-0.2, 0) is 0 Å². The second-order valence-electron chi connectivity index (χ2n) is 3.96. The molecule has 16 heavy (non-hydrogen) atoms. The predicted molar refractivity (Wildman–Crippen MR) is 70.8 cm³/mol. The molecule has 4 heteroatoms. The van der Waals surface area contributed by atoms with E-state index < -0.39 is 0 Å². The first-order valence-electron chi connectivity index (χ1n) is 4.93. The lowest BCUT2D eigenvalue weighted by Gasteiger charge is -2.16. The smallest absolute Gasteiger partial charge is 0.0913 e. The molecule has 0 aliphatic carbocycles. The van der Waals surface area contributed by atoms with Crippen LogP contribution in [0.15, 0.2) is 18.2 Å². The lowest BCUT2D eigenvalue weighted by molar-refractivity contribution is 1.12. The van der Waals surface area contributed by atoms with E-state index in [1.54, 1.807) is 6.07 Å². The number of aromatic nitrogens is 1. The Labute approximate surface area is 105 Å². The Bertz CT molecular complexity index is 550. The van der Waals surface area contributed by atoms with Gasteiger partial charge in [-0.1, -0.05) is 23.2 Å². The fraction of sp³-hybridized carbons (Fsp3) is 0.250. The average Bonchev–Trinajstić information content (AvgIpc) is 2.18. The van der Waals surface area contributed by atoms with Crippen molar-refractivity contribution in [3.05, 3.63) is 33.9 Å². The van der Waals surface area contributed by atoms with E-state index in [2.05, 4.69) is 4.98 Å². The van der Waals surface area contributed by atoms with Gasteiger partial charge in [-0.05, 0) is 25.1 Å². The molecule has 2 aromatic rings. The van der Waals surface area contributed by atoms with Gasteiger partial charge < -0.3 is 4.90 Å². The number of hydrogen-bond donors (Lipinski definition) is 0. The van der Waals surface area contributed by atoms with Crippen LogP contribution in [0.3, 0.4) is 0 Å². The van der Waals surface area contributed by atoms with Crippen molar-refractivity contribution in [2.45, 2.75) is 6.92 Å². The van der Waals surface area contributed by atoms with Crippen molar-refractivity contribution in [2.75, 3.05) is 19.0 Å². The maximum atomic E-state index is 6.15. The van der Waals surface area contributed by atoms with Crippen molar-refractivity contribution >= 4 is 39.8 Å². The first kappa shape index (κ1) is 11.5. The lowest BCUT2D eigenvalue weighted by atomic mass is 10.1. The monoisotopic (exact) mass is 254 g/mol. The highest BCUT2D eigenvalue weighted by molar-refractivity contribution is 6.38. The van der Waals surface area contributed by atoms with Gasteiger partial charge in [0.05, 0.1) is 10.5 Å². The van der Waals surface area contributed by atoms with Crippen LogP contribution in [0.4, 0.5) is 5.69 Å². The molecule has 0 unspecified atom stereocenters. The number of aryl methyl sites for hydroxylation is 1. The fourth-order valence-corrected chi connectivity index (χ4v) is 2.26. The number of pyridine rings is 1. The summed E-state index contributed by atoms with van der Waals surface area (Å²) < 4.78 is 0. The zero-order valence-corrected chi connectivity index (χ0v) is 10.9. The molecule has 0 atom stereocenters. The van der Waals surface area contributed by atoms with Crippen molar-refractivity contribution < 1.29 is 0 Å². The van der Waals surface area contributed by atoms with Crippen LogP contribution in [0.25, 0.3) is 10.9 Å². The van der Waals surface area contributed by atoms with Crippen molar-refractivity contribution in [1.29, 1.82) is 0 Å². The highest BCUT2D eigenvalue weighted by Crippen LogP contribution is 2.32. The maximum Gasteiger partial charge on any atom is 0.0913 e. The minimum atomic E-state index is 0.592. The number of halogens is 2. The molecule has 1 aromatic heterocycles. The van der Waals surface area contributed by atoms with E-state index in [4.69, 9.17) is 23.2 Å². The van der Waals surface area contributed by atoms with Crippen molar-refractivity contribution in [3.8, 4) is 0 Å². The van der Waals surface area contributed by atoms with Crippen molar-refractivity contribution in [2.24, 2.45) is 0 Å². The minimum Gasteiger partial charge on any atom is -0.377 e. The third-order valence-corrected chi connectivity index (χ3v) is 2.93. The number of rotatable bonds is 1. The second-order valence-corrected chi connectivity index (χ2v) is 4.80. The summed E-state index contributed by atoms with van der Waals surface area (Å²) in [7, 11) is 3.98. The van der Waals surface area contributed by atoms with E-state index in [0.717, 1.165) is 22.3 Å². The van der Waals surface area contributed by atoms with E-state index >= 15 is 0 Å². The van der Waals surface area contributed by atoms with Crippen LogP contribution in [-0.4, -0.2) is 19.1 Å². The SMILES string of the molecule is Cc1cc(N(C)C)c2cc(Cl)cc(Cl)c2n1. The molecule has 1 heterocycles. The predicted octanol–water partition coefficient (Wildman–Crippen LogP) is 3.92. The summed E-state index contributed by atoms with van der Waals surface area (Å²) in [5, 5.41) is 2.20. The third kappa shape index (κ3) is 1.95. The van der Waals surface area contributed by atoms with E-state index in [1.807, 2.05) is 38.1 Å². The highest BCUT2D eigenvalue weighted by atomic mass is 35.5. The van der Waals surface area contributed by atoms with E-state index in [9.17, 15) is 0 Å². The zero-order chi connectivity index (χ0) is 11.9. The van der Waals surface area contributed by atoms with E-state index in [1.165, 1.54) is 0 Å². The standard InChI is InChI=1S/C12H12Cl2N2/c1-7-4-11(16(2)3)9-5-8(13)6-10(14)12(9)15-7/h4-6H,1-3H3. The Kier molecular flexibility index (Phi) is 2.96. The van der Waals surface area contributed by atoms with E-state index in [-0.39, 0.29) is 0 Å². The number of benzene rings is 1. The van der Waals surface area contributed by atoms with Crippen LogP contribution in [0.2, 0.25) is 10.0 Å². The summed E-state index contributed by atoms with van der Waals surface area (Å²) in [6.45, 7) is 1.96. The number of hydrogen-bond acceptors (Lipinski definition) is 2. The van der Waals surface area contributed by atoms with Gasteiger partial charge in [-0.2, -0.15) is 0 Å². The van der Waals surface area contributed by atoms with Gasteiger partial charge in [0.2, 0.25) is 0 Å². The summed E-state index contributed by atoms with van der Waals surface area (Å²) in [4.78, 5) is 6.47. The van der Waals surface area contributed by atoms with Gasteiger partial charge in [0, 0.05) is 35.9 Å². The van der Waals surface area contributed by atoms with E-state index in [0.29, 0.717) is 10.0 Å². The molecule has 0 saturated carbocycles. The van der Waals surface area contributed by atoms with Crippen LogP contribution in [0, 0.1) is 6.92 Å². The Morgan fingerprint density at radius 1 is 1.12 bits per heavy atom. The van der Waals surface area contributed by atoms with Crippen LogP contribution in [0.5, 0.6) is 0 Å². The molecule has 2 nitrogen and oxygen atoms in total. The Morgan fingerprint density at radius 2 is 1.81 bits per heavy atom. The molecule has 0 spiro atoms. The lowest BCUT2D eigenvalue weighted by Crippen LogP contribution is -2.10. The van der Waals surface area contributed by atoms with Crippen LogP contribution >= 0.6 is 23.2 Å². The Hall–Kier alpha value is -0.990. The highest BCUT2D eigenvalue weighted by Gasteiger charge is 2.09. The average molecular weight is 255 g/mol. The topological polar surface area (TPSA) is 16.1 Å².